The molecular weight excluding hydrogens is 244 g/mol. The summed E-state index contributed by atoms with van der Waals surface area (Å²) in [5.74, 6) is 0.847. The van der Waals surface area contributed by atoms with Crippen molar-refractivity contribution in [2.75, 3.05) is 25.1 Å². The Kier molecular flexibility index (Phi) is 5.64. The highest BCUT2D eigenvalue weighted by atomic mass is 32.2. The van der Waals surface area contributed by atoms with E-state index >= 15 is 0 Å². The van der Waals surface area contributed by atoms with Crippen LogP contribution in [-0.4, -0.2) is 52.3 Å². The molecule has 3 nitrogen and oxygen atoms in total. The fourth-order valence-electron chi connectivity index (χ4n) is 3.59. The molecule has 106 valence electrons. The maximum atomic E-state index is 11.3. The lowest BCUT2D eigenvalue weighted by Gasteiger charge is -2.49. The van der Waals surface area contributed by atoms with E-state index in [1.807, 2.05) is 6.26 Å². The molecule has 0 saturated carbocycles. The molecule has 0 amide bonds. The van der Waals surface area contributed by atoms with Gasteiger partial charge in [0.25, 0.3) is 0 Å². The van der Waals surface area contributed by atoms with Crippen LogP contribution >= 0.6 is 0 Å². The van der Waals surface area contributed by atoms with Gasteiger partial charge < -0.3 is 5.32 Å². The molecule has 3 unspecified atom stereocenters. The third-order valence-electron chi connectivity index (χ3n) is 4.45. The van der Waals surface area contributed by atoms with Crippen molar-refractivity contribution in [3.63, 3.8) is 0 Å². The van der Waals surface area contributed by atoms with E-state index in [9.17, 15) is 4.21 Å². The van der Waals surface area contributed by atoms with Crippen LogP contribution in [0, 0.1) is 0 Å². The van der Waals surface area contributed by atoms with E-state index in [1.54, 1.807) is 0 Å². The minimum Gasteiger partial charge on any atom is -0.314 e. The van der Waals surface area contributed by atoms with E-state index in [0.29, 0.717) is 0 Å². The van der Waals surface area contributed by atoms with Gasteiger partial charge in [0, 0.05) is 47.5 Å². The Hall–Kier alpha value is 0.0700. The predicted molar refractivity (Wildman–Crippen MR) is 78.4 cm³/mol. The molecule has 2 aliphatic heterocycles. The van der Waals surface area contributed by atoms with Crippen LogP contribution in [0.15, 0.2) is 0 Å². The molecule has 0 spiro atoms. The first-order chi connectivity index (χ1) is 8.70. The molecule has 1 N–H and O–H groups in total. The smallest absolute Gasteiger partial charge is 0.0359 e. The maximum absolute atomic E-state index is 11.3. The zero-order chi connectivity index (χ0) is 13.0. The number of hydrogen-bond acceptors (Lipinski definition) is 3. The van der Waals surface area contributed by atoms with Gasteiger partial charge in [0.2, 0.25) is 0 Å². The van der Waals surface area contributed by atoms with Crippen molar-refractivity contribution in [1.29, 1.82) is 0 Å². The van der Waals surface area contributed by atoms with Crippen LogP contribution in [0.3, 0.4) is 0 Å². The summed E-state index contributed by atoms with van der Waals surface area (Å²) in [6, 6.07) is 2.22. The van der Waals surface area contributed by atoms with E-state index in [-0.39, 0.29) is 0 Å². The van der Waals surface area contributed by atoms with Gasteiger partial charge in [-0.05, 0) is 38.6 Å². The molecule has 2 rings (SSSR count). The molecule has 2 bridgehead atoms. The lowest BCUT2D eigenvalue weighted by atomic mass is 9.82. The highest BCUT2D eigenvalue weighted by Crippen LogP contribution is 2.33. The molecular formula is C14H28N2OS. The topological polar surface area (TPSA) is 32.3 Å². The Bertz CT molecular complexity index is 271. The van der Waals surface area contributed by atoms with Gasteiger partial charge in [-0.15, -0.1) is 0 Å². The maximum Gasteiger partial charge on any atom is 0.0359 e. The Balaban J connectivity index is 1.88. The van der Waals surface area contributed by atoms with Gasteiger partial charge >= 0.3 is 0 Å². The second-order valence-electron chi connectivity index (χ2n) is 5.88. The molecule has 2 fully saturated rings. The minimum atomic E-state index is -0.646. The first-order valence-electron chi connectivity index (χ1n) is 7.50. The van der Waals surface area contributed by atoms with Crippen molar-refractivity contribution in [3.8, 4) is 0 Å². The van der Waals surface area contributed by atoms with Crippen molar-refractivity contribution in [2.24, 2.45) is 0 Å². The monoisotopic (exact) mass is 272 g/mol. The van der Waals surface area contributed by atoms with Crippen LogP contribution in [0.1, 0.15) is 45.4 Å². The summed E-state index contributed by atoms with van der Waals surface area (Å²) in [5, 5.41) is 3.70. The Morgan fingerprint density at radius 1 is 1.28 bits per heavy atom. The lowest BCUT2D eigenvalue weighted by molar-refractivity contribution is 0.0302. The highest BCUT2D eigenvalue weighted by molar-refractivity contribution is 7.84. The van der Waals surface area contributed by atoms with E-state index in [0.717, 1.165) is 37.0 Å². The number of fused-ring (bicyclic) bond motifs is 2. The van der Waals surface area contributed by atoms with Gasteiger partial charge in [-0.2, -0.15) is 0 Å². The fourth-order valence-corrected chi connectivity index (χ4v) is 4.06. The second-order valence-corrected chi connectivity index (χ2v) is 7.43. The summed E-state index contributed by atoms with van der Waals surface area (Å²) in [5.41, 5.74) is 0. The third-order valence-corrected chi connectivity index (χ3v) is 5.20. The summed E-state index contributed by atoms with van der Waals surface area (Å²) >= 11 is 0. The SMILES string of the molecule is CCCNC1CC2CCCC(C1)N2CCS(C)=O. The molecule has 0 aromatic carbocycles. The normalized spacial score (nSPS) is 34.4. The summed E-state index contributed by atoms with van der Waals surface area (Å²) in [6.45, 7) is 4.43. The Labute approximate surface area is 114 Å². The van der Waals surface area contributed by atoms with Gasteiger partial charge in [0.15, 0.2) is 0 Å². The van der Waals surface area contributed by atoms with E-state index in [4.69, 9.17) is 0 Å². The van der Waals surface area contributed by atoms with Crippen molar-refractivity contribution in [1.82, 2.24) is 10.2 Å². The average Bonchev–Trinajstić information content (AvgIpc) is 2.33. The Morgan fingerprint density at radius 2 is 1.94 bits per heavy atom. The second kappa shape index (κ2) is 7.01. The summed E-state index contributed by atoms with van der Waals surface area (Å²) in [6.07, 6.45) is 9.73. The van der Waals surface area contributed by atoms with Gasteiger partial charge in [-0.1, -0.05) is 13.3 Å². The highest BCUT2D eigenvalue weighted by Gasteiger charge is 2.37. The van der Waals surface area contributed by atoms with E-state index < -0.39 is 10.8 Å². The molecule has 0 radical (unpaired) electrons. The van der Waals surface area contributed by atoms with Crippen LogP contribution in [0.2, 0.25) is 0 Å². The molecule has 3 atom stereocenters. The number of rotatable bonds is 6. The van der Waals surface area contributed by atoms with Crippen molar-refractivity contribution in [2.45, 2.75) is 63.6 Å². The summed E-state index contributed by atoms with van der Waals surface area (Å²) in [4.78, 5) is 2.66. The van der Waals surface area contributed by atoms with Crippen molar-refractivity contribution < 1.29 is 4.21 Å². The standard InChI is InChI=1S/C14H28N2OS/c1-3-7-15-12-10-13-5-4-6-14(11-12)16(13)8-9-18(2)17/h12-15H,3-11H2,1-2H3. The number of piperidine rings is 2. The molecule has 18 heavy (non-hydrogen) atoms. The summed E-state index contributed by atoms with van der Waals surface area (Å²) < 4.78 is 11.3. The molecule has 2 heterocycles. The van der Waals surface area contributed by atoms with Crippen LogP contribution < -0.4 is 5.32 Å². The number of nitrogens with one attached hydrogen (secondary N) is 1. The third kappa shape index (κ3) is 3.78. The van der Waals surface area contributed by atoms with Gasteiger partial charge in [-0.3, -0.25) is 9.11 Å². The van der Waals surface area contributed by atoms with Gasteiger partial charge in [0.1, 0.15) is 0 Å². The van der Waals surface area contributed by atoms with Crippen LogP contribution in [-0.2, 0) is 10.8 Å². The van der Waals surface area contributed by atoms with E-state index in [2.05, 4.69) is 17.1 Å². The molecule has 0 aliphatic carbocycles. The minimum absolute atomic E-state index is 0.646. The van der Waals surface area contributed by atoms with Crippen molar-refractivity contribution >= 4 is 10.8 Å². The zero-order valence-electron chi connectivity index (χ0n) is 11.9. The average molecular weight is 272 g/mol. The van der Waals surface area contributed by atoms with E-state index in [1.165, 1.54) is 38.5 Å². The lowest BCUT2D eigenvalue weighted by Crippen LogP contribution is -2.57. The first kappa shape index (κ1) is 14.5. The quantitative estimate of drug-likeness (QED) is 0.799. The molecule has 0 aromatic heterocycles. The molecule has 2 saturated heterocycles. The van der Waals surface area contributed by atoms with Gasteiger partial charge in [-0.25, -0.2) is 0 Å². The van der Waals surface area contributed by atoms with Crippen molar-refractivity contribution in [3.05, 3.63) is 0 Å². The fraction of sp³-hybridized carbons (Fsp3) is 1.00. The zero-order valence-corrected chi connectivity index (χ0v) is 12.7. The number of nitrogens with zero attached hydrogens (tertiary/aromatic N) is 1. The Morgan fingerprint density at radius 3 is 2.50 bits per heavy atom. The van der Waals surface area contributed by atoms with Crippen LogP contribution in [0.5, 0.6) is 0 Å². The molecule has 0 aromatic rings. The largest absolute Gasteiger partial charge is 0.314 e. The van der Waals surface area contributed by atoms with Crippen LogP contribution in [0.4, 0.5) is 0 Å². The molecule has 2 aliphatic rings. The summed E-state index contributed by atoms with van der Waals surface area (Å²) in [7, 11) is -0.646. The predicted octanol–water partition coefficient (Wildman–Crippen LogP) is 1.75. The van der Waals surface area contributed by atoms with Gasteiger partial charge in [0.05, 0.1) is 0 Å². The first-order valence-corrected chi connectivity index (χ1v) is 9.22. The van der Waals surface area contributed by atoms with Crippen LogP contribution in [0.25, 0.3) is 0 Å². The number of hydrogen-bond donors (Lipinski definition) is 1. The molecule has 4 heteroatoms.